The molecular weight excluding hydrogens is 308 g/mol. The monoisotopic (exact) mass is 328 g/mol. The van der Waals surface area contributed by atoms with Gasteiger partial charge in [0, 0.05) is 38.5 Å². The molecule has 0 spiro atoms. The smallest absolute Gasteiger partial charge is 0.180 e. The molecule has 2 heterocycles. The van der Waals surface area contributed by atoms with Crippen LogP contribution in [-0.2, 0) is 9.84 Å². The van der Waals surface area contributed by atoms with E-state index in [2.05, 4.69) is 18.7 Å². The highest BCUT2D eigenvalue weighted by atomic mass is 32.2. The summed E-state index contributed by atoms with van der Waals surface area (Å²) in [7, 11) is -3.45. The van der Waals surface area contributed by atoms with E-state index in [1.807, 2.05) is 11.0 Å². The molecule has 0 atom stereocenters. The third-order valence-electron chi connectivity index (χ3n) is 3.69. The maximum absolute atomic E-state index is 12.0. The number of nitrogen functional groups attached to an aromatic ring is 1. The van der Waals surface area contributed by atoms with E-state index in [1.165, 1.54) is 11.3 Å². The lowest BCUT2D eigenvalue weighted by Crippen LogP contribution is -2.48. The minimum Gasteiger partial charge on any atom is -0.396 e. The van der Waals surface area contributed by atoms with Crippen LogP contribution in [0, 0.1) is 11.3 Å². The van der Waals surface area contributed by atoms with Crippen molar-refractivity contribution in [1.82, 2.24) is 4.90 Å². The fraction of sp³-hybridized carbons (Fsp3) is 0.615. The summed E-state index contributed by atoms with van der Waals surface area (Å²) in [6.07, 6.45) is 1.14. The SMILES string of the molecule is CC(C)N1CCN(c2sc(C#N)c(N)c2S(C)(=O)=O)CC1. The Kier molecular flexibility index (Phi) is 4.46. The number of nitriles is 1. The van der Waals surface area contributed by atoms with E-state index in [9.17, 15) is 8.42 Å². The predicted molar refractivity (Wildman–Crippen MR) is 85.5 cm³/mol. The first-order valence-corrected chi connectivity index (χ1v) is 9.48. The minimum atomic E-state index is -3.45. The van der Waals surface area contributed by atoms with Gasteiger partial charge in [-0.05, 0) is 13.8 Å². The largest absolute Gasteiger partial charge is 0.396 e. The van der Waals surface area contributed by atoms with Gasteiger partial charge in [-0.2, -0.15) is 5.26 Å². The number of hydrogen-bond acceptors (Lipinski definition) is 7. The van der Waals surface area contributed by atoms with Crippen molar-refractivity contribution >= 4 is 31.9 Å². The summed E-state index contributed by atoms with van der Waals surface area (Å²) >= 11 is 1.17. The molecule has 1 saturated heterocycles. The third-order valence-corrected chi connectivity index (χ3v) is 6.14. The van der Waals surface area contributed by atoms with Crippen molar-refractivity contribution in [3.05, 3.63) is 4.88 Å². The summed E-state index contributed by atoms with van der Waals surface area (Å²) in [6, 6.07) is 2.46. The highest BCUT2D eigenvalue weighted by Gasteiger charge is 2.29. The molecule has 6 nitrogen and oxygen atoms in total. The number of nitrogens with zero attached hydrogens (tertiary/aromatic N) is 3. The summed E-state index contributed by atoms with van der Waals surface area (Å²) in [5.41, 5.74) is 5.94. The van der Waals surface area contributed by atoms with Crippen molar-refractivity contribution < 1.29 is 8.42 Å². The Morgan fingerprint density at radius 1 is 1.29 bits per heavy atom. The molecule has 2 rings (SSSR count). The Labute approximate surface area is 129 Å². The number of sulfone groups is 1. The predicted octanol–water partition coefficient (Wildman–Crippen LogP) is 1.14. The summed E-state index contributed by atoms with van der Waals surface area (Å²) in [6.45, 7) is 7.53. The molecule has 0 radical (unpaired) electrons. The first-order valence-electron chi connectivity index (χ1n) is 6.77. The van der Waals surface area contributed by atoms with Crippen LogP contribution in [0.4, 0.5) is 10.7 Å². The maximum Gasteiger partial charge on any atom is 0.180 e. The van der Waals surface area contributed by atoms with E-state index in [-0.39, 0.29) is 15.5 Å². The van der Waals surface area contributed by atoms with Crippen LogP contribution in [0.1, 0.15) is 18.7 Å². The van der Waals surface area contributed by atoms with Crippen LogP contribution in [0.25, 0.3) is 0 Å². The zero-order chi connectivity index (χ0) is 15.8. The normalized spacial score (nSPS) is 17.2. The van der Waals surface area contributed by atoms with Gasteiger partial charge in [-0.1, -0.05) is 0 Å². The number of nitrogens with two attached hydrogens (primary N) is 1. The first kappa shape index (κ1) is 16.1. The van der Waals surface area contributed by atoms with Crippen molar-refractivity contribution in [1.29, 1.82) is 5.26 Å². The van der Waals surface area contributed by atoms with E-state index in [1.54, 1.807) is 0 Å². The molecule has 1 aliphatic rings. The van der Waals surface area contributed by atoms with Gasteiger partial charge in [-0.3, -0.25) is 4.90 Å². The van der Waals surface area contributed by atoms with E-state index in [0.29, 0.717) is 11.0 Å². The van der Waals surface area contributed by atoms with Crippen molar-refractivity contribution in [3.63, 3.8) is 0 Å². The van der Waals surface area contributed by atoms with Gasteiger partial charge in [0.2, 0.25) is 0 Å². The van der Waals surface area contributed by atoms with Gasteiger partial charge in [-0.15, -0.1) is 11.3 Å². The number of anilines is 2. The lowest BCUT2D eigenvalue weighted by atomic mass is 10.2. The number of hydrogen-bond donors (Lipinski definition) is 1. The van der Waals surface area contributed by atoms with Crippen LogP contribution in [0.15, 0.2) is 4.90 Å². The first-order chi connectivity index (χ1) is 9.75. The number of piperazine rings is 1. The molecule has 1 aromatic heterocycles. The van der Waals surface area contributed by atoms with Crippen LogP contribution in [0.3, 0.4) is 0 Å². The van der Waals surface area contributed by atoms with Crippen molar-refractivity contribution in [2.45, 2.75) is 24.8 Å². The van der Waals surface area contributed by atoms with E-state index >= 15 is 0 Å². The third kappa shape index (κ3) is 3.15. The van der Waals surface area contributed by atoms with Crippen LogP contribution >= 0.6 is 11.3 Å². The van der Waals surface area contributed by atoms with Crippen molar-refractivity contribution in [3.8, 4) is 6.07 Å². The molecule has 1 aromatic rings. The average molecular weight is 328 g/mol. The molecule has 8 heteroatoms. The zero-order valence-corrected chi connectivity index (χ0v) is 14.1. The molecule has 21 heavy (non-hydrogen) atoms. The second-order valence-electron chi connectivity index (χ2n) is 5.48. The highest BCUT2D eigenvalue weighted by Crippen LogP contribution is 2.41. The molecule has 0 bridgehead atoms. The summed E-state index contributed by atoms with van der Waals surface area (Å²) in [5, 5.41) is 9.70. The molecule has 2 N–H and O–H groups in total. The molecule has 1 fully saturated rings. The molecule has 0 aliphatic carbocycles. The highest BCUT2D eigenvalue weighted by molar-refractivity contribution is 7.91. The zero-order valence-electron chi connectivity index (χ0n) is 12.5. The summed E-state index contributed by atoms with van der Waals surface area (Å²) < 4.78 is 24.0. The van der Waals surface area contributed by atoms with Gasteiger partial charge in [0.05, 0.1) is 5.69 Å². The second kappa shape index (κ2) is 5.83. The number of rotatable bonds is 3. The van der Waals surface area contributed by atoms with E-state index < -0.39 is 9.84 Å². The maximum atomic E-state index is 12.0. The van der Waals surface area contributed by atoms with Gasteiger partial charge in [0.25, 0.3) is 0 Å². The van der Waals surface area contributed by atoms with Gasteiger partial charge >= 0.3 is 0 Å². The van der Waals surface area contributed by atoms with Crippen molar-refractivity contribution in [2.24, 2.45) is 0 Å². The standard InChI is InChI=1S/C13H20N4O2S2/c1-9(2)16-4-6-17(7-5-16)13-12(21(3,18)19)11(15)10(8-14)20-13/h9H,4-7,15H2,1-3H3. The van der Waals surface area contributed by atoms with Crippen LogP contribution in [0.5, 0.6) is 0 Å². The van der Waals surface area contributed by atoms with Crippen LogP contribution < -0.4 is 10.6 Å². The molecule has 1 aliphatic heterocycles. The quantitative estimate of drug-likeness (QED) is 0.894. The fourth-order valence-corrected chi connectivity index (χ4v) is 5.06. The fourth-order valence-electron chi connectivity index (χ4n) is 2.51. The molecule has 0 aromatic carbocycles. The second-order valence-corrected chi connectivity index (χ2v) is 8.43. The Morgan fingerprint density at radius 2 is 1.86 bits per heavy atom. The lowest BCUT2D eigenvalue weighted by molar-refractivity contribution is 0.209. The average Bonchev–Trinajstić information content (AvgIpc) is 2.75. The van der Waals surface area contributed by atoms with Gasteiger partial charge in [-0.25, -0.2) is 8.42 Å². The molecule has 0 unspecified atom stereocenters. The lowest BCUT2D eigenvalue weighted by Gasteiger charge is -2.37. The Bertz CT molecular complexity index is 665. The Balaban J connectivity index is 2.36. The van der Waals surface area contributed by atoms with Gasteiger partial charge in [0.15, 0.2) is 9.84 Å². The molecule has 0 amide bonds. The van der Waals surface area contributed by atoms with E-state index in [0.717, 1.165) is 32.4 Å². The molecular formula is C13H20N4O2S2. The summed E-state index contributed by atoms with van der Waals surface area (Å²) in [4.78, 5) is 4.76. The molecule has 0 saturated carbocycles. The van der Waals surface area contributed by atoms with Gasteiger partial charge < -0.3 is 10.6 Å². The Hall–Kier alpha value is -1.30. The van der Waals surface area contributed by atoms with Crippen LogP contribution in [0.2, 0.25) is 0 Å². The molecule has 116 valence electrons. The summed E-state index contributed by atoms with van der Waals surface area (Å²) in [5.74, 6) is 0. The topological polar surface area (TPSA) is 90.4 Å². The van der Waals surface area contributed by atoms with Crippen LogP contribution in [-0.4, -0.2) is 51.8 Å². The Morgan fingerprint density at radius 3 is 2.29 bits per heavy atom. The number of thiophene rings is 1. The van der Waals surface area contributed by atoms with Gasteiger partial charge in [0.1, 0.15) is 20.8 Å². The van der Waals surface area contributed by atoms with E-state index in [4.69, 9.17) is 11.0 Å². The minimum absolute atomic E-state index is 0.0892. The van der Waals surface area contributed by atoms with Crippen molar-refractivity contribution in [2.75, 3.05) is 43.1 Å².